The lowest BCUT2D eigenvalue weighted by atomic mass is 10.2. The van der Waals surface area contributed by atoms with E-state index in [-0.39, 0.29) is 5.97 Å². The molecule has 0 aromatic heterocycles. The molecular weight excluding hydrogens is 246 g/mol. The van der Waals surface area contributed by atoms with Crippen LogP contribution in [0.5, 0.6) is 0 Å². The van der Waals surface area contributed by atoms with E-state index in [9.17, 15) is 4.79 Å². The molecule has 0 bridgehead atoms. The van der Waals surface area contributed by atoms with Crippen LogP contribution >= 0.6 is 11.8 Å². The Labute approximate surface area is 117 Å². The van der Waals surface area contributed by atoms with Crippen molar-refractivity contribution in [3.8, 4) is 0 Å². The van der Waals surface area contributed by atoms with Crippen molar-refractivity contribution in [2.75, 3.05) is 37.7 Å². The number of ether oxygens (including phenoxy) is 1. The minimum atomic E-state index is -0.0494. The van der Waals surface area contributed by atoms with Gasteiger partial charge in [0.1, 0.15) is 0 Å². The number of unbranched alkanes of at least 4 members (excludes halogenated alkanes) is 2. The van der Waals surface area contributed by atoms with Crippen molar-refractivity contribution in [2.24, 2.45) is 0 Å². The minimum absolute atomic E-state index is 0.0494. The first-order valence-electron chi connectivity index (χ1n) is 7.20. The third-order valence-electron chi connectivity index (χ3n) is 2.92. The van der Waals surface area contributed by atoms with E-state index in [1.54, 1.807) is 0 Å². The Kier molecular flexibility index (Phi) is 13.1. The summed E-state index contributed by atoms with van der Waals surface area (Å²) in [6.45, 7) is 10.3. The number of rotatable bonds is 12. The average molecular weight is 275 g/mol. The maximum absolute atomic E-state index is 11.1. The number of hydrogen-bond donors (Lipinski definition) is 0. The van der Waals surface area contributed by atoms with Crippen molar-refractivity contribution in [1.29, 1.82) is 0 Å². The van der Waals surface area contributed by atoms with Gasteiger partial charge >= 0.3 is 5.97 Å². The summed E-state index contributed by atoms with van der Waals surface area (Å²) in [6.07, 6.45) is 3.90. The highest BCUT2D eigenvalue weighted by Gasteiger charge is 2.01. The third-order valence-corrected chi connectivity index (χ3v) is 3.97. The second kappa shape index (κ2) is 13.2. The smallest absolute Gasteiger partial charge is 0.305 e. The molecule has 0 aliphatic carbocycles. The Hall–Kier alpha value is -0.220. The van der Waals surface area contributed by atoms with Crippen molar-refractivity contribution in [2.45, 2.75) is 46.5 Å². The van der Waals surface area contributed by atoms with Crippen LogP contribution < -0.4 is 0 Å². The van der Waals surface area contributed by atoms with Crippen LogP contribution in [0.25, 0.3) is 0 Å². The lowest BCUT2D eigenvalue weighted by Crippen LogP contribution is -2.25. The molecule has 18 heavy (non-hydrogen) atoms. The number of nitrogens with zero attached hydrogens (tertiary/aromatic N) is 1. The van der Waals surface area contributed by atoms with E-state index in [0.717, 1.165) is 25.9 Å². The molecule has 0 aromatic rings. The van der Waals surface area contributed by atoms with Crippen LogP contribution in [0.15, 0.2) is 0 Å². The van der Waals surface area contributed by atoms with Gasteiger partial charge in [-0.05, 0) is 38.6 Å². The molecule has 0 amide bonds. The van der Waals surface area contributed by atoms with Crippen LogP contribution in [0.1, 0.15) is 46.5 Å². The van der Waals surface area contributed by atoms with Crippen LogP contribution in [0.3, 0.4) is 0 Å². The van der Waals surface area contributed by atoms with Crippen LogP contribution in [0, 0.1) is 0 Å². The van der Waals surface area contributed by atoms with Gasteiger partial charge in [0.25, 0.3) is 0 Å². The molecule has 0 fully saturated rings. The summed E-state index contributed by atoms with van der Waals surface area (Å²) < 4.78 is 4.89. The van der Waals surface area contributed by atoms with Gasteiger partial charge in [-0.2, -0.15) is 11.8 Å². The Morgan fingerprint density at radius 3 is 2.39 bits per heavy atom. The van der Waals surface area contributed by atoms with Gasteiger partial charge in [-0.1, -0.05) is 20.3 Å². The maximum Gasteiger partial charge on any atom is 0.305 e. The van der Waals surface area contributed by atoms with Gasteiger partial charge in [0, 0.05) is 18.7 Å². The highest BCUT2D eigenvalue weighted by Crippen LogP contribution is 2.08. The third kappa shape index (κ3) is 10.9. The molecule has 108 valence electrons. The van der Waals surface area contributed by atoms with Gasteiger partial charge in [-0.25, -0.2) is 0 Å². The molecule has 0 aromatic carbocycles. The molecule has 0 rings (SSSR count). The van der Waals surface area contributed by atoms with Gasteiger partial charge in [0.2, 0.25) is 0 Å². The zero-order valence-electron chi connectivity index (χ0n) is 12.2. The van der Waals surface area contributed by atoms with Crippen molar-refractivity contribution >= 4 is 17.7 Å². The summed E-state index contributed by atoms with van der Waals surface area (Å²) in [6, 6.07) is 0. The fourth-order valence-corrected chi connectivity index (χ4v) is 2.72. The second-order valence-electron chi connectivity index (χ2n) is 4.25. The van der Waals surface area contributed by atoms with Crippen LogP contribution in [0.2, 0.25) is 0 Å². The number of thioether (sulfide) groups is 1. The van der Waals surface area contributed by atoms with Crippen molar-refractivity contribution < 1.29 is 9.53 Å². The summed E-state index contributed by atoms with van der Waals surface area (Å²) in [5.74, 6) is 2.38. The predicted octanol–water partition coefficient (Wildman–Crippen LogP) is 3.18. The molecule has 0 saturated carbocycles. The maximum atomic E-state index is 11.1. The fourth-order valence-electron chi connectivity index (χ4n) is 1.72. The number of carbonyl (C=O) groups excluding carboxylic acids is 1. The SMILES string of the molecule is CCOC(=O)CCCCCSCCN(CC)CC. The van der Waals surface area contributed by atoms with Gasteiger partial charge < -0.3 is 9.64 Å². The first-order valence-corrected chi connectivity index (χ1v) is 8.35. The molecule has 0 N–H and O–H groups in total. The summed E-state index contributed by atoms with van der Waals surface area (Å²) >= 11 is 2.02. The first-order chi connectivity index (χ1) is 8.74. The van der Waals surface area contributed by atoms with E-state index in [1.807, 2.05) is 18.7 Å². The molecule has 4 heteroatoms. The zero-order valence-corrected chi connectivity index (χ0v) is 13.1. The Morgan fingerprint density at radius 2 is 1.78 bits per heavy atom. The van der Waals surface area contributed by atoms with Gasteiger partial charge in [0.15, 0.2) is 0 Å². The molecule has 0 aliphatic rings. The number of hydrogen-bond acceptors (Lipinski definition) is 4. The Bertz CT molecular complexity index is 196. The van der Waals surface area contributed by atoms with E-state index < -0.39 is 0 Å². The van der Waals surface area contributed by atoms with E-state index in [0.29, 0.717) is 13.0 Å². The molecule has 0 aliphatic heterocycles. The molecule has 0 radical (unpaired) electrons. The molecule has 0 atom stereocenters. The van der Waals surface area contributed by atoms with Gasteiger partial charge in [0.05, 0.1) is 6.61 Å². The summed E-state index contributed by atoms with van der Waals surface area (Å²) in [4.78, 5) is 13.5. The number of carbonyl (C=O) groups is 1. The zero-order chi connectivity index (χ0) is 13.6. The molecule has 0 saturated heterocycles. The molecule has 0 spiro atoms. The topological polar surface area (TPSA) is 29.5 Å². The largest absolute Gasteiger partial charge is 0.466 e. The van der Waals surface area contributed by atoms with Crippen LogP contribution in [0.4, 0.5) is 0 Å². The highest BCUT2D eigenvalue weighted by atomic mass is 32.2. The summed E-state index contributed by atoms with van der Waals surface area (Å²) in [5.41, 5.74) is 0. The Balaban J connectivity index is 3.18. The van der Waals surface area contributed by atoms with E-state index in [1.165, 1.54) is 24.5 Å². The lowest BCUT2D eigenvalue weighted by Gasteiger charge is -2.17. The van der Waals surface area contributed by atoms with E-state index >= 15 is 0 Å². The second-order valence-corrected chi connectivity index (χ2v) is 5.48. The Morgan fingerprint density at radius 1 is 1.06 bits per heavy atom. The quantitative estimate of drug-likeness (QED) is 0.404. The number of esters is 1. The molecule has 3 nitrogen and oxygen atoms in total. The van der Waals surface area contributed by atoms with Crippen LogP contribution in [-0.2, 0) is 9.53 Å². The van der Waals surface area contributed by atoms with Crippen molar-refractivity contribution in [3.05, 3.63) is 0 Å². The molecule has 0 heterocycles. The minimum Gasteiger partial charge on any atom is -0.466 e. The highest BCUT2D eigenvalue weighted by molar-refractivity contribution is 7.99. The van der Waals surface area contributed by atoms with E-state index in [2.05, 4.69) is 18.7 Å². The van der Waals surface area contributed by atoms with E-state index in [4.69, 9.17) is 4.74 Å². The predicted molar refractivity (Wildman–Crippen MR) is 80.2 cm³/mol. The van der Waals surface area contributed by atoms with Gasteiger partial charge in [-0.15, -0.1) is 0 Å². The monoisotopic (exact) mass is 275 g/mol. The van der Waals surface area contributed by atoms with Gasteiger partial charge in [-0.3, -0.25) is 4.79 Å². The normalized spacial score (nSPS) is 10.9. The summed E-state index contributed by atoms with van der Waals surface area (Å²) in [5, 5.41) is 0. The molecular formula is C14H29NO2S. The first kappa shape index (κ1) is 17.8. The average Bonchev–Trinajstić information content (AvgIpc) is 2.37. The van der Waals surface area contributed by atoms with Crippen molar-refractivity contribution in [3.63, 3.8) is 0 Å². The standard InChI is InChI=1S/C14H29NO2S/c1-4-15(5-2)11-13-18-12-9-7-8-10-14(16)17-6-3/h4-13H2,1-3H3. The lowest BCUT2D eigenvalue weighted by molar-refractivity contribution is -0.143. The van der Waals surface area contributed by atoms with Crippen LogP contribution in [-0.4, -0.2) is 48.6 Å². The van der Waals surface area contributed by atoms with Crippen molar-refractivity contribution in [1.82, 2.24) is 4.90 Å². The summed E-state index contributed by atoms with van der Waals surface area (Å²) in [7, 11) is 0. The molecule has 0 unspecified atom stereocenters. The fraction of sp³-hybridized carbons (Fsp3) is 0.929.